The van der Waals surface area contributed by atoms with Gasteiger partial charge in [-0.3, -0.25) is 10.1 Å². The smallest absolute Gasteiger partial charge is 0.341 e. The van der Waals surface area contributed by atoms with E-state index in [4.69, 9.17) is 0 Å². The fourth-order valence-electron chi connectivity index (χ4n) is 2.59. The number of anilines is 2. The molecule has 2 aromatic carbocycles. The van der Waals surface area contributed by atoms with Gasteiger partial charge in [-0.1, -0.05) is 12.1 Å². The molecule has 0 aliphatic rings. The first-order valence-corrected chi connectivity index (χ1v) is 9.54. The van der Waals surface area contributed by atoms with Crippen LogP contribution in [-0.4, -0.2) is 28.9 Å². The zero-order valence-electron chi connectivity index (χ0n) is 14.7. The van der Waals surface area contributed by atoms with Crippen LogP contribution in [0.1, 0.15) is 5.69 Å². The number of alkyl halides is 2. The zero-order chi connectivity index (χ0) is 21.3. The molecule has 0 fully saturated rings. The molecule has 0 spiro atoms. The average Bonchev–Trinajstić information content (AvgIpc) is 3.02. The number of sulfone groups is 1. The predicted octanol–water partition coefficient (Wildman–Crippen LogP) is 3.97. The third kappa shape index (κ3) is 3.78. The summed E-state index contributed by atoms with van der Waals surface area (Å²) in [6.07, 6.45) is 1.30. The van der Waals surface area contributed by atoms with Crippen molar-refractivity contribution < 1.29 is 26.5 Å². The van der Waals surface area contributed by atoms with Crippen LogP contribution >= 0.6 is 0 Å². The Morgan fingerprint density at radius 3 is 2.48 bits per heavy atom. The lowest BCUT2D eigenvalue weighted by Crippen LogP contribution is -2.12. The van der Waals surface area contributed by atoms with Crippen molar-refractivity contribution in [3.63, 3.8) is 0 Å². The Bertz CT molecular complexity index is 1200. The molecule has 1 aromatic heterocycles. The minimum Gasteiger partial charge on any atom is -0.347 e. The summed E-state index contributed by atoms with van der Waals surface area (Å²) in [6, 6.07) is 8.26. The largest absolute Gasteiger partial charge is 0.347 e. The van der Waals surface area contributed by atoms with Crippen molar-refractivity contribution in [1.29, 1.82) is 0 Å². The summed E-state index contributed by atoms with van der Waals surface area (Å²) < 4.78 is 63.9. The zero-order valence-corrected chi connectivity index (χ0v) is 15.5. The number of nitro groups is 1. The second-order valence-corrected chi connectivity index (χ2v) is 7.79. The lowest BCUT2D eigenvalue weighted by atomic mass is 10.2. The number of nitrogens with zero attached hydrogens (tertiary/aromatic N) is 3. The van der Waals surface area contributed by atoms with Gasteiger partial charge in [0.25, 0.3) is 5.69 Å². The van der Waals surface area contributed by atoms with Crippen molar-refractivity contribution in [2.75, 3.05) is 5.32 Å². The molecular formula is C17H13F3N4O4S. The molecule has 0 radical (unpaired) electrons. The van der Waals surface area contributed by atoms with Gasteiger partial charge in [0.2, 0.25) is 9.84 Å². The fourth-order valence-corrected chi connectivity index (χ4v) is 3.33. The van der Waals surface area contributed by atoms with E-state index < -0.39 is 36.9 Å². The van der Waals surface area contributed by atoms with Crippen molar-refractivity contribution in [2.45, 2.75) is 17.6 Å². The van der Waals surface area contributed by atoms with Crippen LogP contribution in [0.25, 0.3) is 5.69 Å². The maximum absolute atomic E-state index is 14.0. The van der Waals surface area contributed by atoms with Gasteiger partial charge in [-0.25, -0.2) is 17.5 Å². The van der Waals surface area contributed by atoms with E-state index in [0.717, 1.165) is 12.1 Å². The highest BCUT2D eigenvalue weighted by atomic mass is 32.2. The second-order valence-electron chi connectivity index (χ2n) is 5.87. The first-order valence-electron chi connectivity index (χ1n) is 8.00. The average molecular weight is 426 g/mol. The van der Waals surface area contributed by atoms with Crippen LogP contribution in [0.15, 0.2) is 53.6 Å². The lowest BCUT2D eigenvalue weighted by molar-refractivity contribution is -0.384. The number of halogens is 3. The number of nitrogens with one attached hydrogen (secondary N) is 1. The third-order valence-electron chi connectivity index (χ3n) is 4.09. The van der Waals surface area contributed by atoms with Crippen LogP contribution < -0.4 is 5.32 Å². The Labute approximate surface area is 162 Å². The Kier molecular flexibility index (Phi) is 5.29. The molecule has 0 aliphatic heterocycles. The molecule has 152 valence electrons. The predicted molar refractivity (Wildman–Crippen MR) is 97.8 cm³/mol. The van der Waals surface area contributed by atoms with Gasteiger partial charge in [0.1, 0.15) is 17.2 Å². The quantitative estimate of drug-likeness (QED) is 0.472. The number of hydrogen-bond donors (Lipinski definition) is 1. The van der Waals surface area contributed by atoms with Crippen LogP contribution in [0.5, 0.6) is 0 Å². The summed E-state index contributed by atoms with van der Waals surface area (Å²) >= 11 is 0. The molecule has 0 bridgehead atoms. The van der Waals surface area contributed by atoms with Crippen molar-refractivity contribution in [3.05, 3.63) is 70.3 Å². The summed E-state index contributed by atoms with van der Waals surface area (Å²) in [4.78, 5) is 9.56. The van der Waals surface area contributed by atoms with E-state index in [-0.39, 0.29) is 17.1 Å². The maximum atomic E-state index is 14.0. The molecule has 0 saturated heterocycles. The Balaban J connectivity index is 2.01. The summed E-state index contributed by atoms with van der Waals surface area (Å²) in [5.41, 5.74) is -0.00964. The fraction of sp³-hybridized carbons (Fsp3) is 0.118. The van der Waals surface area contributed by atoms with Crippen molar-refractivity contribution in [2.24, 2.45) is 0 Å². The summed E-state index contributed by atoms with van der Waals surface area (Å²) in [5.74, 6) is -4.24. The molecule has 8 nitrogen and oxygen atoms in total. The van der Waals surface area contributed by atoms with E-state index in [0.29, 0.717) is 11.8 Å². The summed E-state index contributed by atoms with van der Waals surface area (Å²) in [5, 5.41) is 18.1. The SMILES string of the molecule is Cc1c(Nc2ccc(S(=O)(=O)C(F)F)cc2[N+](=O)[O-])cnn1-c1ccccc1F. The highest BCUT2D eigenvalue weighted by molar-refractivity contribution is 7.91. The van der Waals surface area contributed by atoms with Gasteiger partial charge >= 0.3 is 5.76 Å². The molecule has 1 heterocycles. The van der Waals surface area contributed by atoms with Gasteiger partial charge in [-0.15, -0.1) is 0 Å². The first-order chi connectivity index (χ1) is 13.6. The lowest BCUT2D eigenvalue weighted by Gasteiger charge is -2.10. The van der Waals surface area contributed by atoms with Crippen molar-refractivity contribution in [1.82, 2.24) is 9.78 Å². The topological polar surface area (TPSA) is 107 Å². The van der Waals surface area contributed by atoms with Crippen LogP contribution in [-0.2, 0) is 9.84 Å². The number of benzene rings is 2. The first kappa shape index (κ1) is 20.3. The van der Waals surface area contributed by atoms with Gasteiger partial charge in [0.05, 0.1) is 27.4 Å². The van der Waals surface area contributed by atoms with Crippen LogP contribution in [0.2, 0.25) is 0 Å². The van der Waals surface area contributed by atoms with E-state index in [2.05, 4.69) is 10.4 Å². The third-order valence-corrected chi connectivity index (χ3v) is 5.47. The van der Waals surface area contributed by atoms with E-state index >= 15 is 0 Å². The van der Waals surface area contributed by atoms with Crippen molar-refractivity contribution in [3.8, 4) is 5.69 Å². The number of nitro benzene ring substituents is 1. The molecule has 0 atom stereocenters. The maximum Gasteiger partial charge on any atom is 0.341 e. The number of rotatable bonds is 6. The van der Waals surface area contributed by atoms with Gasteiger partial charge in [0, 0.05) is 6.07 Å². The Hall–Kier alpha value is -3.41. The number of hydrogen-bond acceptors (Lipinski definition) is 6. The van der Waals surface area contributed by atoms with E-state index in [1.165, 1.54) is 29.1 Å². The highest BCUT2D eigenvalue weighted by Gasteiger charge is 2.29. The van der Waals surface area contributed by atoms with E-state index in [1.807, 2.05) is 0 Å². The number of para-hydroxylation sites is 1. The van der Waals surface area contributed by atoms with Crippen LogP contribution in [0.3, 0.4) is 0 Å². The molecule has 0 unspecified atom stereocenters. The molecule has 1 N–H and O–H groups in total. The Morgan fingerprint density at radius 2 is 1.86 bits per heavy atom. The van der Waals surface area contributed by atoms with Gasteiger partial charge in [0.15, 0.2) is 0 Å². The Morgan fingerprint density at radius 1 is 1.17 bits per heavy atom. The van der Waals surface area contributed by atoms with E-state index in [1.54, 1.807) is 13.0 Å². The minimum atomic E-state index is -4.99. The van der Waals surface area contributed by atoms with Gasteiger partial charge < -0.3 is 5.32 Å². The summed E-state index contributed by atoms with van der Waals surface area (Å²) in [6.45, 7) is 1.59. The van der Waals surface area contributed by atoms with Crippen LogP contribution in [0, 0.1) is 22.9 Å². The van der Waals surface area contributed by atoms with Gasteiger partial charge in [-0.05, 0) is 31.2 Å². The highest BCUT2D eigenvalue weighted by Crippen LogP contribution is 2.33. The van der Waals surface area contributed by atoms with E-state index in [9.17, 15) is 31.7 Å². The van der Waals surface area contributed by atoms with Crippen LogP contribution in [0.4, 0.5) is 30.2 Å². The molecule has 12 heteroatoms. The standard InChI is InChI=1S/C17H13F3N4O4S/c1-10-14(9-21-23(10)15-5-3-2-4-12(15)18)22-13-7-6-11(8-16(13)24(25)26)29(27,28)17(19)20/h2-9,17,22H,1H3. The molecule has 0 saturated carbocycles. The molecule has 3 aromatic rings. The monoisotopic (exact) mass is 426 g/mol. The molecule has 29 heavy (non-hydrogen) atoms. The molecule has 3 rings (SSSR count). The minimum absolute atomic E-state index is 0.139. The molecule has 0 amide bonds. The second kappa shape index (κ2) is 7.54. The van der Waals surface area contributed by atoms with Gasteiger partial charge in [-0.2, -0.15) is 13.9 Å². The van der Waals surface area contributed by atoms with Crippen molar-refractivity contribution >= 4 is 26.9 Å². The number of aromatic nitrogens is 2. The molecule has 0 aliphatic carbocycles. The summed E-state index contributed by atoms with van der Waals surface area (Å²) in [7, 11) is -4.99. The molecular weight excluding hydrogens is 413 g/mol. The normalized spacial score (nSPS) is 11.6.